The summed E-state index contributed by atoms with van der Waals surface area (Å²) in [6, 6.07) is 18.0. The maximum atomic E-state index is 13.1. The van der Waals surface area contributed by atoms with Crippen LogP contribution in [0.2, 0.25) is 0 Å². The molecule has 0 saturated carbocycles. The van der Waals surface area contributed by atoms with Gasteiger partial charge in [0.05, 0.1) is 11.3 Å². The van der Waals surface area contributed by atoms with Crippen LogP contribution in [-0.4, -0.2) is 45.6 Å². The second-order valence-corrected chi connectivity index (χ2v) is 9.76. The van der Waals surface area contributed by atoms with Crippen LogP contribution in [0, 0.1) is 0 Å². The zero-order chi connectivity index (χ0) is 24.2. The number of thioether (sulfide) groups is 1. The first-order valence-electron chi connectivity index (χ1n) is 11.5. The van der Waals surface area contributed by atoms with Crippen LogP contribution in [0.5, 0.6) is 0 Å². The molecule has 3 aromatic rings. The molecule has 2 N–H and O–H groups in total. The third-order valence-electron chi connectivity index (χ3n) is 6.32. The molecule has 7 heteroatoms. The monoisotopic (exact) mass is 476 g/mol. The van der Waals surface area contributed by atoms with Gasteiger partial charge in [-0.3, -0.25) is 9.59 Å². The molecule has 0 unspecified atom stereocenters. The Balaban J connectivity index is 1.48. The van der Waals surface area contributed by atoms with Gasteiger partial charge in [-0.15, -0.1) is 11.8 Å². The lowest BCUT2D eigenvalue weighted by molar-refractivity contribution is -0.134. The van der Waals surface area contributed by atoms with Crippen molar-refractivity contribution >= 4 is 46.0 Å². The number of hydrogen-bond acceptors (Lipinski definition) is 4. The van der Waals surface area contributed by atoms with Crippen molar-refractivity contribution in [1.29, 1.82) is 0 Å². The van der Waals surface area contributed by atoms with Crippen LogP contribution in [0.3, 0.4) is 0 Å². The maximum absolute atomic E-state index is 13.1. The number of aromatic carboxylic acids is 1. The summed E-state index contributed by atoms with van der Waals surface area (Å²) in [6.07, 6.45) is 3.24. The van der Waals surface area contributed by atoms with E-state index in [1.807, 2.05) is 23.1 Å². The molecule has 0 radical (unpaired) electrons. The Morgan fingerprint density at radius 2 is 1.62 bits per heavy atom. The van der Waals surface area contributed by atoms with Gasteiger partial charge < -0.3 is 15.3 Å². The van der Waals surface area contributed by atoms with Gasteiger partial charge in [-0.2, -0.15) is 0 Å². The van der Waals surface area contributed by atoms with Gasteiger partial charge in [0.15, 0.2) is 0 Å². The largest absolute Gasteiger partial charge is 0.478 e. The lowest BCUT2D eigenvalue weighted by Crippen LogP contribution is -2.48. The van der Waals surface area contributed by atoms with Crippen molar-refractivity contribution < 1.29 is 19.5 Å². The van der Waals surface area contributed by atoms with Gasteiger partial charge in [-0.25, -0.2) is 4.79 Å². The minimum absolute atomic E-state index is 0.0900. The summed E-state index contributed by atoms with van der Waals surface area (Å²) in [7, 11) is 0. The Hall–Kier alpha value is -3.32. The molecular formula is C27H28N2O4S. The van der Waals surface area contributed by atoms with E-state index in [-0.39, 0.29) is 29.5 Å². The number of carboxylic acid groups (broad SMARTS) is 1. The molecular weight excluding hydrogens is 448 g/mol. The van der Waals surface area contributed by atoms with E-state index < -0.39 is 5.97 Å². The standard InChI is InChI=1S/C27H28N2O4S/c1-17-7-3-8-18(2)29(17)24(30)16-34-21-12-6-11-20(15-21)28-26(31)22-13-4-9-19-10-5-14-23(25(19)22)27(32)33/h4-6,9-15,17-18H,3,7-8,16H2,1-2H3,(H,28,31)(H,32,33)/t17-,18+. The van der Waals surface area contributed by atoms with Crippen molar-refractivity contribution in [2.75, 3.05) is 11.1 Å². The molecule has 34 heavy (non-hydrogen) atoms. The van der Waals surface area contributed by atoms with Crippen LogP contribution in [0.25, 0.3) is 10.8 Å². The number of rotatable bonds is 6. The van der Waals surface area contributed by atoms with E-state index >= 15 is 0 Å². The zero-order valence-corrected chi connectivity index (χ0v) is 20.1. The summed E-state index contributed by atoms with van der Waals surface area (Å²) in [4.78, 5) is 40.5. The Bertz CT molecular complexity index is 1230. The molecule has 1 aliphatic rings. The number of likely N-dealkylation sites (tertiary alicyclic amines) is 1. The van der Waals surface area contributed by atoms with Crippen molar-refractivity contribution in [3.05, 3.63) is 71.8 Å². The average molecular weight is 477 g/mol. The van der Waals surface area contributed by atoms with Gasteiger partial charge in [0.25, 0.3) is 5.91 Å². The van der Waals surface area contributed by atoms with Gasteiger partial charge in [-0.1, -0.05) is 30.3 Å². The van der Waals surface area contributed by atoms with Crippen LogP contribution >= 0.6 is 11.8 Å². The Labute approximate surface area is 203 Å². The number of hydrogen-bond donors (Lipinski definition) is 2. The number of anilines is 1. The van der Waals surface area contributed by atoms with Crippen LogP contribution in [-0.2, 0) is 4.79 Å². The summed E-state index contributed by atoms with van der Waals surface area (Å²) in [5.74, 6) is -0.979. The van der Waals surface area contributed by atoms with Crippen LogP contribution in [0.4, 0.5) is 5.69 Å². The third kappa shape index (κ3) is 5.09. The van der Waals surface area contributed by atoms with E-state index in [4.69, 9.17) is 0 Å². The fourth-order valence-corrected chi connectivity index (χ4v) is 5.53. The number of nitrogens with one attached hydrogen (secondary N) is 1. The highest BCUT2D eigenvalue weighted by Crippen LogP contribution is 2.28. The number of nitrogens with zero attached hydrogens (tertiary/aromatic N) is 1. The normalized spacial score (nSPS) is 18.0. The number of piperidine rings is 1. The summed E-state index contributed by atoms with van der Waals surface area (Å²) >= 11 is 1.45. The second kappa shape index (κ2) is 10.3. The van der Waals surface area contributed by atoms with Crippen LogP contribution < -0.4 is 5.32 Å². The average Bonchev–Trinajstić information content (AvgIpc) is 2.82. The minimum atomic E-state index is -1.08. The number of carbonyl (C=O) groups is 3. The zero-order valence-electron chi connectivity index (χ0n) is 19.3. The molecule has 1 heterocycles. The van der Waals surface area contributed by atoms with E-state index in [1.54, 1.807) is 36.4 Å². The lowest BCUT2D eigenvalue weighted by atomic mass is 9.98. The van der Waals surface area contributed by atoms with E-state index in [9.17, 15) is 19.5 Å². The van der Waals surface area contributed by atoms with Crippen molar-refractivity contribution in [3.63, 3.8) is 0 Å². The Kier molecular flexibility index (Phi) is 7.22. The first-order valence-corrected chi connectivity index (χ1v) is 12.4. The predicted octanol–water partition coefficient (Wildman–Crippen LogP) is 5.67. The summed E-state index contributed by atoms with van der Waals surface area (Å²) in [5, 5.41) is 13.6. The molecule has 3 aromatic carbocycles. The molecule has 1 saturated heterocycles. The van der Waals surface area contributed by atoms with Gasteiger partial charge in [0.2, 0.25) is 5.91 Å². The van der Waals surface area contributed by atoms with Gasteiger partial charge >= 0.3 is 5.97 Å². The van der Waals surface area contributed by atoms with E-state index in [1.165, 1.54) is 17.8 Å². The third-order valence-corrected chi connectivity index (χ3v) is 7.29. The lowest BCUT2D eigenvalue weighted by Gasteiger charge is -2.39. The summed E-state index contributed by atoms with van der Waals surface area (Å²) in [6.45, 7) is 4.22. The molecule has 176 valence electrons. The molecule has 2 atom stereocenters. The highest BCUT2D eigenvalue weighted by molar-refractivity contribution is 8.00. The number of carbonyl (C=O) groups excluding carboxylic acids is 2. The first-order chi connectivity index (χ1) is 16.3. The highest BCUT2D eigenvalue weighted by atomic mass is 32.2. The SMILES string of the molecule is C[C@@H]1CCC[C@H](C)N1C(=O)CSc1cccc(NC(=O)c2cccc3cccc(C(=O)O)c23)c1. The molecule has 1 aliphatic heterocycles. The van der Waals surface area contributed by atoms with Crippen molar-refractivity contribution in [1.82, 2.24) is 4.90 Å². The Morgan fingerprint density at radius 3 is 2.29 bits per heavy atom. The van der Waals surface area contributed by atoms with E-state index in [0.717, 1.165) is 24.2 Å². The van der Waals surface area contributed by atoms with Crippen molar-refractivity contribution in [3.8, 4) is 0 Å². The fraction of sp³-hybridized carbons (Fsp3) is 0.296. The first kappa shape index (κ1) is 23.8. The molecule has 0 aromatic heterocycles. The summed E-state index contributed by atoms with van der Waals surface area (Å²) < 4.78 is 0. The molecule has 0 spiro atoms. The number of benzene rings is 3. The molecule has 4 rings (SSSR count). The number of carboxylic acids is 1. The fourth-order valence-electron chi connectivity index (χ4n) is 4.70. The van der Waals surface area contributed by atoms with E-state index in [0.29, 0.717) is 27.8 Å². The van der Waals surface area contributed by atoms with Crippen LogP contribution in [0.15, 0.2) is 65.6 Å². The van der Waals surface area contributed by atoms with Crippen molar-refractivity contribution in [2.45, 2.75) is 50.1 Å². The van der Waals surface area contributed by atoms with Crippen molar-refractivity contribution in [2.24, 2.45) is 0 Å². The molecule has 6 nitrogen and oxygen atoms in total. The number of fused-ring (bicyclic) bond motifs is 1. The molecule has 1 fully saturated rings. The topological polar surface area (TPSA) is 86.7 Å². The van der Waals surface area contributed by atoms with E-state index in [2.05, 4.69) is 19.2 Å². The smallest absolute Gasteiger partial charge is 0.336 e. The maximum Gasteiger partial charge on any atom is 0.336 e. The highest BCUT2D eigenvalue weighted by Gasteiger charge is 2.28. The van der Waals surface area contributed by atoms with Gasteiger partial charge in [0.1, 0.15) is 0 Å². The molecule has 0 bridgehead atoms. The summed E-state index contributed by atoms with van der Waals surface area (Å²) in [5.41, 5.74) is 0.982. The number of amides is 2. The Morgan fingerprint density at radius 1 is 0.971 bits per heavy atom. The predicted molar refractivity (Wildman–Crippen MR) is 136 cm³/mol. The minimum Gasteiger partial charge on any atom is -0.478 e. The van der Waals surface area contributed by atoms with Gasteiger partial charge in [0, 0.05) is 33.6 Å². The quantitative estimate of drug-likeness (QED) is 0.448. The second-order valence-electron chi connectivity index (χ2n) is 8.71. The molecule has 0 aliphatic carbocycles. The molecule has 2 amide bonds. The van der Waals surface area contributed by atoms with Crippen LogP contribution in [0.1, 0.15) is 53.8 Å². The van der Waals surface area contributed by atoms with Gasteiger partial charge in [-0.05, 0) is 68.8 Å².